The second kappa shape index (κ2) is 9.38. The summed E-state index contributed by atoms with van der Waals surface area (Å²) in [6, 6.07) is 15.7. The van der Waals surface area contributed by atoms with Gasteiger partial charge in [0.2, 0.25) is 5.91 Å². The number of halogens is 2. The van der Waals surface area contributed by atoms with E-state index in [0.29, 0.717) is 28.8 Å². The molecular weight excluding hydrogens is 371 g/mol. The largest absolute Gasteiger partial charge is 0.365 e. The minimum Gasteiger partial charge on any atom is -0.365 e. The number of nitrogens with one attached hydrogen (secondary N) is 2. The Bertz CT molecular complexity index is 720. The molecule has 1 aliphatic rings. The van der Waals surface area contributed by atoms with Crippen LogP contribution in [0.15, 0.2) is 48.5 Å². The summed E-state index contributed by atoms with van der Waals surface area (Å²) in [5.41, 5.74) is 1.98. The molecule has 1 heterocycles. The number of benzene rings is 2. The molecule has 1 aliphatic heterocycles. The van der Waals surface area contributed by atoms with E-state index >= 15 is 0 Å². The molecule has 0 saturated carbocycles. The summed E-state index contributed by atoms with van der Waals surface area (Å²) in [4.78, 5) is 13.7. The summed E-state index contributed by atoms with van der Waals surface area (Å²) in [6.45, 7) is 4.04. The number of hydrogen-bond donors (Lipinski definition) is 2. The lowest BCUT2D eigenvalue weighted by Crippen LogP contribution is -3.13. The van der Waals surface area contributed by atoms with Gasteiger partial charge in [-0.2, -0.15) is 0 Å². The molecule has 3 rings (SSSR count). The first-order valence-electron chi connectivity index (χ1n) is 8.80. The molecule has 2 aromatic rings. The van der Waals surface area contributed by atoms with Crippen LogP contribution in [0.3, 0.4) is 0 Å². The van der Waals surface area contributed by atoms with Gasteiger partial charge in [-0.1, -0.05) is 59.6 Å². The number of carbonyl (C=O) groups is 1. The van der Waals surface area contributed by atoms with Crippen molar-refractivity contribution >= 4 is 29.1 Å². The summed E-state index contributed by atoms with van der Waals surface area (Å²) in [5.74, 6) is -0.0983. The highest BCUT2D eigenvalue weighted by molar-refractivity contribution is 6.36. The molecule has 0 radical (unpaired) electrons. The second-order valence-electron chi connectivity index (χ2n) is 6.54. The lowest BCUT2D eigenvalue weighted by atomic mass is 10.1. The van der Waals surface area contributed by atoms with Crippen LogP contribution in [0, 0.1) is 0 Å². The van der Waals surface area contributed by atoms with Crippen LogP contribution in [0.1, 0.15) is 11.1 Å². The van der Waals surface area contributed by atoms with Crippen molar-refractivity contribution in [2.75, 3.05) is 26.2 Å². The monoisotopic (exact) mass is 393 g/mol. The fourth-order valence-corrected chi connectivity index (χ4v) is 3.71. The van der Waals surface area contributed by atoms with E-state index in [1.165, 1.54) is 10.5 Å². The Labute approximate surface area is 164 Å². The zero-order valence-corrected chi connectivity index (χ0v) is 16.0. The van der Waals surface area contributed by atoms with E-state index in [9.17, 15) is 4.79 Å². The number of carbonyl (C=O) groups excluding carboxylic acids is 1. The molecule has 2 N–H and O–H groups in total. The molecular formula is C20H23Cl2N2O2+. The predicted molar refractivity (Wildman–Crippen MR) is 104 cm³/mol. The molecule has 0 spiro atoms. The highest BCUT2D eigenvalue weighted by Crippen LogP contribution is 2.24. The minimum absolute atomic E-state index is 0.0214. The SMILES string of the molecule is O=C(Cc1c(Cl)cccc1Cl)NC[C@H]1C[NH+](Cc2ccccc2)CCO1. The average Bonchev–Trinajstić information content (AvgIpc) is 2.64. The number of amides is 1. The first-order chi connectivity index (χ1) is 12.6. The smallest absolute Gasteiger partial charge is 0.224 e. The standard InChI is InChI=1S/C20H22Cl2N2O2/c21-18-7-4-8-19(22)17(18)11-20(25)23-12-16-14-24(9-10-26-16)13-15-5-2-1-3-6-15/h1-8,16H,9-14H2,(H,23,25)/p+1/t16-/m0/s1. The molecule has 1 fully saturated rings. The lowest BCUT2D eigenvalue weighted by Gasteiger charge is -2.30. The van der Waals surface area contributed by atoms with Crippen molar-refractivity contribution in [1.82, 2.24) is 5.32 Å². The van der Waals surface area contributed by atoms with Crippen molar-refractivity contribution in [3.05, 3.63) is 69.7 Å². The Hall–Kier alpha value is -1.59. The molecule has 138 valence electrons. The maximum absolute atomic E-state index is 12.2. The zero-order valence-electron chi connectivity index (χ0n) is 14.5. The van der Waals surface area contributed by atoms with Gasteiger partial charge in [0.05, 0.1) is 13.0 Å². The van der Waals surface area contributed by atoms with E-state index in [2.05, 4.69) is 29.6 Å². The molecule has 1 unspecified atom stereocenters. The topological polar surface area (TPSA) is 42.8 Å². The fourth-order valence-electron chi connectivity index (χ4n) is 3.18. The molecule has 0 aromatic heterocycles. The van der Waals surface area contributed by atoms with Crippen LogP contribution in [-0.2, 0) is 22.5 Å². The Morgan fingerprint density at radius 3 is 2.58 bits per heavy atom. The predicted octanol–water partition coefficient (Wildman–Crippen LogP) is 2.14. The molecule has 1 amide bonds. The molecule has 0 aliphatic carbocycles. The Kier molecular flexibility index (Phi) is 6.92. The van der Waals surface area contributed by atoms with Gasteiger partial charge in [-0.25, -0.2) is 0 Å². The van der Waals surface area contributed by atoms with Gasteiger partial charge in [0, 0.05) is 22.2 Å². The van der Waals surface area contributed by atoms with Gasteiger partial charge in [0.25, 0.3) is 0 Å². The van der Waals surface area contributed by atoms with Crippen LogP contribution in [0.4, 0.5) is 0 Å². The maximum Gasteiger partial charge on any atom is 0.224 e. The molecule has 2 aromatic carbocycles. The Morgan fingerprint density at radius 2 is 1.85 bits per heavy atom. The van der Waals surface area contributed by atoms with Crippen molar-refractivity contribution in [2.24, 2.45) is 0 Å². The van der Waals surface area contributed by atoms with Crippen LogP contribution < -0.4 is 10.2 Å². The minimum atomic E-state index is -0.0983. The maximum atomic E-state index is 12.2. The first-order valence-corrected chi connectivity index (χ1v) is 9.56. The molecule has 4 nitrogen and oxygen atoms in total. The Balaban J connectivity index is 1.47. The van der Waals surface area contributed by atoms with Gasteiger partial charge in [0.1, 0.15) is 25.7 Å². The van der Waals surface area contributed by atoms with Gasteiger partial charge in [0.15, 0.2) is 0 Å². The van der Waals surface area contributed by atoms with Crippen LogP contribution in [0.25, 0.3) is 0 Å². The summed E-state index contributed by atoms with van der Waals surface area (Å²) in [5, 5.41) is 3.97. The number of morpholine rings is 1. The molecule has 0 bridgehead atoms. The summed E-state index contributed by atoms with van der Waals surface area (Å²) < 4.78 is 5.81. The summed E-state index contributed by atoms with van der Waals surface area (Å²) >= 11 is 12.3. The van der Waals surface area contributed by atoms with Crippen LogP contribution >= 0.6 is 23.2 Å². The number of ether oxygens (including phenoxy) is 1. The highest BCUT2D eigenvalue weighted by atomic mass is 35.5. The normalized spacial score (nSPS) is 19.9. The molecule has 26 heavy (non-hydrogen) atoms. The number of rotatable bonds is 6. The van der Waals surface area contributed by atoms with Gasteiger partial charge in [-0.3, -0.25) is 4.79 Å². The summed E-state index contributed by atoms with van der Waals surface area (Å²) in [7, 11) is 0. The second-order valence-corrected chi connectivity index (χ2v) is 7.35. The zero-order chi connectivity index (χ0) is 18.4. The third-order valence-corrected chi connectivity index (χ3v) is 5.26. The van der Waals surface area contributed by atoms with E-state index < -0.39 is 0 Å². The van der Waals surface area contributed by atoms with Crippen molar-refractivity contribution in [3.8, 4) is 0 Å². The molecule has 2 atom stereocenters. The quantitative estimate of drug-likeness (QED) is 0.789. The van der Waals surface area contributed by atoms with Crippen LogP contribution in [0.5, 0.6) is 0 Å². The van der Waals surface area contributed by atoms with E-state index in [1.807, 2.05) is 6.07 Å². The van der Waals surface area contributed by atoms with Crippen molar-refractivity contribution in [3.63, 3.8) is 0 Å². The van der Waals surface area contributed by atoms with Gasteiger partial charge >= 0.3 is 0 Å². The lowest BCUT2D eigenvalue weighted by molar-refractivity contribution is -0.925. The van der Waals surface area contributed by atoms with E-state index in [0.717, 1.165) is 19.6 Å². The third-order valence-electron chi connectivity index (χ3n) is 4.55. The summed E-state index contributed by atoms with van der Waals surface area (Å²) in [6.07, 6.45) is 0.194. The first kappa shape index (κ1) is 19.2. The number of quaternary nitrogens is 1. The van der Waals surface area contributed by atoms with E-state index in [4.69, 9.17) is 27.9 Å². The third kappa shape index (κ3) is 5.45. The highest BCUT2D eigenvalue weighted by Gasteiger charge is 2.24. The van der Waals surface area contributed by atoms with Gasteiger partial charge in [-0.05, 0) is 17.7 Å². The molecule has 6 heteroatoms. The van der Waals surface area contributed by atoms with Crippen LogP contribution in [-0.4, -0.2) is 38.3 Å². The van der Waals surface area contributed by atoms with Crippen LogP contribution in [0.2, 0.25) is 10.0 Å². The molecule has 1 saturated heterocycles. The Morgan fingerprint density at radius 1 is 1.12 bits per heavy atom. The fraction of sp³-hybridized carbons (Fsp3) is 0.350. The van der Waals surface area contributed by atoms with Gasteiger partial charge < -0.3 is 15.0 Å². The van der Waals surface area contributed by atoms with Crippen molar-refractivity contribution < 1.29 is 14.4 Å². The average molecular weight is 394 g/mol. The van der Waals surface area contributed by atoms with Gasteiger partial charge in [-0.15, -0.1) is 0 Å². The van der Waals surface area contributed by atoms with Crippen molar-refractivity contribution in [1.29, 1.82) is 0 Å². The number of hydrogen-bond acceptors (Lipinski definition) is 2. The van der Waals surface area contributed by atoms with E-state index in [-0.39, 0.29) is 18.4 Å². The van der Waals surface area contributed by atoms with Crippen molar-refractivity contribution in [2.45, 2.75) is 19.1 Å². The van der Waals surface area contributed by atoms with E-state index in [1.54, 1.807) is 18.2 Å².